The molecular weight excluding hydrogens is 246 g/mol. The summed E-state index contributed by atoms with van der Waals surface area (Å²) in [5.41, 5.74) is 7.76. The van der Waals surface area contributed by atoms with Crippen LogP contribution in [0.5, 0.6) is 5.75 Å². The molecule has 1 aromatic rings. The van der Waals surface area contributed by atoms with E-state index in [1.807, 2.05) is 6.07 Å². The molecule has 0 amide bonds. The van der Waals surface area contributed by atoms with Crippen molar-refractivity contribution < 1.29 is 4.74 Å². The molecule has 0 bridgehead atoms. The van der Waals surface area contributed by atoms with Gasteiger partial charge >= 0.3 is 0 Å². The summed E-state index contributed by atoms with van der Waals surface area (Å²) in [5, 5.41) is 0. The highest BCUT2D eigenvalue weighted by atomic mass is 16.5. The monoisotopic (exact) mass is 275 g/mol. The molecule has 0 radical (unpaired) electrons. The lowest BCUT2D eigenvalue weighted by molar-refractivity contribution is 0.193. The lowest BCUT2D eigenvalue weighted by atomic mass is 9.72. The van der Waals surface area contributed by atoms with E-state index in [0.29, 0.717) is 5.92 Å². The molecule has 2 heteroatoms. The van der Waals surface area contributed by atoms with Crippen LogP contribution in [0.4, 0.5) is 0 Å². The van der Waals surface area contributed by atoms with Crippen molar-refractivity contribution in [2.45, 2.75) is 59.1 Å². The number of hydrogen-bond donors (Lipinski definition) is 1. The van der Waals surface area contributed by atoms with Crippen LogP contribution < -0.4 is 10.5 Å². The van der Waals surface area contributed by atoms with Crippen molar-refractivity contribution in [2.75, 3.05) is 0 Å². The second-order valence-electron chi connectivity index (χ2n) is 6.94. The SMILES string of the molecule is CC1CC(C)CC(C(N)c2cccc(OC(C)C)c2)C1. The Balaban J connectivity index is 2.09. The van der Waals surface area contributed by atoms with Crippen LogP contribution in [0.3, 0.4) is 0 Å². The molecule has 0 saturated heterocycles. The molecule has 20 heavy (non-hydrogen) atoms. The smallest absolute Gasteiger partial charge is 0.120 e. The normalized spacial score (nSPS) is 28.4. The number of hydrogen-bond acceptors (Lipinski definition) is 2. The molecule has 1 fully saturated rings. The summed E-state index contributed by atoms with van der Waals surface area (Å²) < 4.78 is 5.78. The first-order valence-corrected chi connectivity index (χ1v) is 7.98. The van der Waals surface area contributed by atoms with Gasteiger partial charge in [-0.2, -0.15) is 0 Å². The predicted molar refractivity (Wildman–Crippen MR) is 84.8 cm³/mol. The summed E-state index contributed by atoms with van der Waals surface area (Å²) in [7, 11) is 0. The molecule has 1 aromatic carbocycles. The molecule has 2 rings (SSSR count). The summed E-state index contributed by atoms with van der Waals surface area (Å²) in [6.07, 6.45) is 4.05. The minimum absolute atomic E-state index is 0.135. The van der Waals surface area contributed by atoms with Crippen LogP contribution in [0.15, 0.2) is 24.3 Å². The van der Waals surface area contributed by atoms with Gasteiger partial charge in [-0.05, 0) is 68.6 Å². The Labute approximate surface area is 123 Å². The molecule has 0 spiro atoms. The molecule has 1 saturated carbocycles. The zero-order chi connectivity index (χ0) is 14.7. The maximum absolute atomic E-state index is 6.54. The molecule has 2 N–H and O–H groups in total. The average Bonchev–Trinajstić information content (AvgIpc) is 2.36. The molecule has 3 atom stereocenters. The summed E-state index contributed by atoms with van der Waals surface area (Å²) in [4.78, 5) is 0. The zero-order valence-corrected chi connectivity index (χ0v) is 13.3. The Bertz CT molecular complexity index is 419. The van der Waals surface area contributed by atoms with E-state index in [1.54, 1.807) is 0 Å². The Morgan fingerprint density at radius 1 is 1.10 bits per heavy atom. The second-order valence-corrected chi connectivity index (χ2v) is 6.94. The van der Waals surface area contributed by atoms with E-state index >= 15 is 0 Å². The minimum Gasteiger partial charge on any atom is -0.491 e. The number of benzene rings is 1. The van der Waals surface area contributed by atoms with E-state index in [1.165, 1.54) is 24.8 Å². The summed E-state index contributed by atoms with van der Waals surface area (Å²) in [5.74, 6) is 3.13. The predicted octanol–water partition coefficient (Wildman–Crippen LogP) is 4.55. The van der Waals surface area contributed by atoms with Crippen molar-refractivity contribution in [1.82, 2.24) is 0 Å². The molecule has 1 aliphatic rings. The molecule has 112 valence electrons. The van der Waals surface area contributed by atoms with Crippen molar-refractivity contribution in [2.24, 2.45) is 23.5 Å². The average molecular weight is 275 g/mol. The van der Waals surface area contributed by atoms with Gasteiger partial charge in [0.25, 0.3) is 0 Å². The van der Waals surface area contributed by atoms with Gasteiger partial charge in [-0.15, -0.1) is 0 Å². The quantitative estimate of drug-likeness (QED) is 0.875. The third-order valence-electron chi connectivity index (χ3n) is 4.34. The highest BCUT2D eigenvalue weighted by Crippen LogP contribution is 2.39. The fraction of sp³-hybridized carbons (Fsp3) is 0.667. The first-order valence-electron chi connectivity index (χ1n) is 7.98. The topological polar surface area (TPSA) is 35.2 Å². The maximum atomic E-state index is 6.54. The molecule has 0 heterocycles. The molecule has 0 aliphatic heterocycles. The minimum atomic E-state index is 0.135. The lowest BCUT2D eigenvalue weighted by Crippen LogP contribution is -2.29. The zero-order valence-electron chi connectivity index (χ0n) is 13.3. The van der Waals surface area contributed by atoms with Crippen molar-refractivity contribution in [1.29, 1.82) is 0 Å². The van der Waals surface area contributed by atoms with Crippen LogP contribution in [0.25, 0.3) is 0 Å². The fourth-order valence-electron chi connectivity index (χ4n) is 3.64. The van der Waals surface area contributed by atoms with Crippen molar-refractivity contribution >= 4 is 0 Å². The fourth-order valence-corrected chi connectivity index (χ4v) is 3.64. The van der Waals surface area contributed by atoms with E-state index in [0.717, 1.165) is 17.6 Å². The first kappa shape index (κ1) is 15.4. The van der Waals surface area contributed by atoms with Gasteiger partial charge in [-0.1, -0.05) is 26.0 Å². The van der Waals surface area contributed by atoms with E-state index in [2.05, 4.69) is 45.9 Å². The van der Waals surface area contributed by atoms with Gasteiger partial charge in [0.15, 0.2) is 0 Å². The van der Waals surface area contributed by atoms with Gasteiger partial charge in [-0.25, -0.2) is 0 Å². The summed E-state index contributed by atoms with van der Waals surface area (Å²) in [6.45, 7) is 8.82. The van der Waals surface area contributed by atoms with Gasteiger partial charge < -0.3 is 10.5 Å². The third-order valence-corrected chi connectivity index (χ3v) is 4.34. The molecule has 3 unspecified atom stereocenters. The van der Waals surface area contributed by atoms with Crippen LogP contribution in [0.1, 0.15) is 58.6 Å². The van der Waals surface area contributed by atoms with Crippen LogP contribution in [-0.2, 0) is 0 Å². The number of nitrogens with two attached hydrogens (primary N) is 1. The van der Waals surface area contributed by atoms with Crippen molar-refractivity contribution in [3.63, 3.8) is 0 Å². The van der Waals surface area contributed by atoms with E-state index < -0.39 is 0 Å². The largest absolute Gasteiger partial charge is 0.491 e. The molecule has 2 nitrogen and oxygen atoms in total. The van der Waals surface area contributed by atoms with Gasteiger partial charge in [0.05, 0.1) is 6.10 Å². The van der Waals surface area contributed by atoms with E-state index in [-0.39, 0.29) is 12.1 Å². The van der Waals surface area contributed by atoms with Gasteiger partial charge in [-0.3, -0.25) is 0 Å². The molecular formula is C18H29NO. The summed E-state index contributed by atoms with van der Waals surface area (Å²) >= 11 is 0. The van der Waals surface area contributed by atoms with Gasteiger partial charge in [0.1, 0.15) is 5.75 Å². The van der Waals surface area contributed by atoms with Crippen molar-refractivity contribution in [3.05, 3.63) is 29.8 Å². The Morgan fingerprint density at radius 2 is 1.75 bits per heavy atom. The molecule has 0 aromatic heterocycles. The lowest BCUT2D eigenvalue weighted by Gasteiger charge is -2.35. The van der Waals surface area contributed by atoms with Gasteiger partial charge in [0.2, 0.25) is 0 Å². The van der Waals surface area contributed by atoms with Crippen LogP contribution in [0.2, 0.25) is 0 Å². The van der Waals surface area contributed by atoms with Crippen LogP contribution >= 0.6 is 0 Å². The first-order chi connectivity index (χ1) is 9.45. The van der Waals surface area contributed by atoms with E-state index in [4.69, 9.17) is 10.5 Å². The summed E-state index contributed by atoms with van der Waals surface area (Å²) in [6, 6.07) is 8.47. The molecule has 1 aliphatic carbocycles. The Hall–Kier alpha value is -1.02. The van der Waals surface area contributed by atoms with E-state index in [9.17, 15) is 0 Å². The standard InChI is InChI=1S/C18H29NO/c1-12(2)20-17-7-5-6-15(11-17)18(19)16-9-13(3)8-14(4)10-16/h5-7,11-14,16,18H,8-10,19H2,1-4H3. The highest BCUT2D eigenvalue weighted by Gasteiger charge is 2.29. The number of rotatable bonds is 4. The second kappa shape index (κ2) is 6.62. The number of ether oxygens (including phenoxy) is 1. The van der Waals surface area contributed by atoms with Crippen molar-refractivity contribution in [3.8, 4) is 5.75 Å². The Kier molecular flexibility index (Phi) is 5.09. The van der Waals surface area contributed by atoms with Gasteiger partial charge in [0, 0.05) is 6.04 Å². The third kappa shape index (κ3) is 3.99. The Morgan fingerprint density at radius 3 is 2.35 bits per heavy atom. The van der Waals surface area contributed by atoms with Crippen LogP contribution in [0, 0.1) is 17.8 Å². The highest BCUT2D eigenvalue weighted by molar-refractivity contribution is 5.31. The maximum Gasteiger partial charge on any atom is 0.120 e. The van der Waals surface area contributed by atoms with Crippen LogP contribution in [-0.4, -0.2) is 6.10 Å².